The summed E-state index contributed by atoms with van der Waals surface area (Å²) in [6.07, 6.45) is -0.428. The first-order valence-corrected chi connectivity index (χ1v) is 11.0. The van der Waals surface area contributed by atoms with Crippen LogP contribution in [0.1, 0.15) is 6.42 Å². The van der Waals surface area contributed by atoms with Crippen molar-refractivity contribution in [1.82, 2.24) is 0 Å². The Hall–Kier alpha value is -1.22. The third-order valence-corrected chi connectivity index (χ3v) is 6.17. The number of rotatable bonds is 10. The minimum atomic E-state index is -3.87. The number of hydrogen-bond donors (Lipinski definition) is 2. The zero-order chi connectivity index (χ0) is 20.7. The van der Waals surface area contributed by atoms with Crippen LogP contribution in [0.3, 0.4) is 0 Å². The lowest BCUT2D eigenvalue weighted by molar-refractivity contribution is 0.0536. The van der Waals surface area contributed by atoms with Gasteiger partial charge >= 0.3 is 0 Å². The van der Waals surface area contributed by atoms with Crippen molar-refractivity contribution >= 4 is 44.6 Å². The summed E-state index contributed by atoms with van der Waals surface area (Å²) in [6.45, 7) is -0.298. The molecule has 154 valence electrons. The topological polar surface area (TPSA) is 93.1 Å². The molecule has 0 heterocycles. The number of sulfone groups is 1. The van der Waals surface area contributed by atoms with Crippen molar-refractivity contribution in [2.75, 3.05) is 25.7 Å². The summed E-state index contributed by atoms with van der Waals surface area (Å²) in [5.41, 5.74) is 0. The zero-order valence-corrected chi connectivity index (χ0v) is 17.7. The standard InChI is InChI=1S/C18H19Cl3O6S/c19-6-1-7-26-13-2-4-14(5-3-13)28(24,25)15-8-16(20)18(17(21)9-15)27-11-12(23)10-22/h2-5,8-9,12,22-23H,1,6-7,10-11H2/t12-/m1/s1. The van der Waals surface area contributed by atoms with Gasteiger partial charge in [-0.2, -0.15) is 0 Å². The molecule has 0 bridgehead atoms. The molecular weight excluding hydrogens is 451 g/mol. The number of halogens is 3. The molecule has 0 fully saturated rings. The molecule has 28 heavy (non-hydrogen) atoms. The van der Waals surface area contributed by atoms with Gasteiger partial charge in [0.2, 0.25) is 9.84 Å². The molecule has 2 aromatic carbocycles. The average Bonchev–Trinajstić information content (AvgIpc) is 2.67. The SMILES string of the molecule is O=S(=O)(c1ccc(OCCCCl)cc1)c1cc(Cl)c(OC[C@H](O)CO)c(Cl)c1. The van der Waals surface area contributed by atoms with E-state index in [2.05, 4.69) is 0 Å². The molecule has 0 unspecified atom stereocenters. The van der Waals surface area contributed by atoms with Crippen molar-refractivity contribution in [3.63, 3.8) is 0 Å². The monoisotopic (exact) mass is 468 g/mol. The fourth-order valence-electron chi connectivity index (χ4n) is 2.16. The van der Waals surface area contributed by atoms with Crippen LogP contribution in [0.15, 0.2) is 46.2 Å². The third kappa shape index (κ3) is 5.89. The Kier molecular flexibility index (Phi) is 8.67. The Balaban J connectivity index is 2.23. The molecule has 0 saturated carbocycles. The first kappa shape index (κ1) is 23.1. The quantitative estimate of drug-likeness (QED) is 0.408. The van der Waals surface area contributed by atoms with E-state index >= 15 is 0 Å². The first-order valence-electron chi connectivity index (χ1n) is 8.24. The van der Waals surface area contributed by atoms with Crippen molar-refractivity contribution in [3.8, 4) is 11.5 Å². The molecule has 6 nitrogen and oxygen atoms in total. The van der Waals surface area contributed by atoms with Crippen LogP contribution >= 0.6 is 34.8 Å². The molecule has 0 aromatic heterocycles. The van der Waals surface area contributed by atoms with E-state index in [9.17, 15) is 13.5 Å². The van der Waals surface area contributed by atoms with Gasteiger partial charge in [-0.1, -0.05) is 23.2 Å². The maximum atomic E-state index is 12.8. The molecule has 0 saturated heterocycles. The molecule has 0 aliphatic heterocycles. The van der Waals surface area contributed by atoms with E-state index in [1.54, 1.807) is 12.1 Å². The number of aliphatic hydroxyl groups is 2. The molecular formula is C18H19Cl3O6S. The van der Waals surface area contributed by atoms with Gasteiger partial charge in [0, 0.05) is 5.88 Å². The average molecular weight is 470 g/mol. The Morgan fingerprint density at radius 3 is 2.14 bits per heavy atom. The van der Waals surface area contributed by atoms with E-state index in [4.69, 9.17) is 49.4 Å². The molecule has 2 N–H and O–H groups in total. The van der Waals surface area contributed by atoms with Gasteiger partial charge in [0.25, 0.3) is 0 Å². The number of alkyl halides is 1. The fraction of sp³-hybridized carbons (Fsp3) is 0.333. The summed E-state index contributed by atoms with van der Waals surface area (Å²) in [5, 5.41) is 18.1. The summed E-state index contributed by atoms with van der Waals surface area (Å²) >= 11 is 17.8. The lowest BCUT2D eigenvalue weighted by Crippen LogP contribution is -2.21. The summed E-state index contributed by atoms with van der Waals surface area (Å²) in [5.74, 6) is 1.04. The molecule has 2 aromatic rings. The highest BCUT2D eigenvalue weighted by Gasteiger charge is 2.22. The van der Waals surface area contributed by atoms with Gasteiger partial charge in [0.15, 0.2) is 5.75 Å². The van der Waals surface area contributed by atoms with Crippen LogP contribution < -0.4 is 9.47 Å². The van der Waals surface area contributed by atoms with E-state index in [0.717, 1.165) is 0 Å². The minimum Gasteiger partial charge on any atom is -0.494 e. The molecule has 0 spiro atoms. The van der Waals surface area contributed by atoms with Crippen molar-refractivity contribution in [2.45, 2.75) is 22.3 Å². The van der Waals surface area contributed by atoms with Crippen LogP contribution in [0, 0.1) is 0 Å². The van der Waals surface area contributed by atoms with Gasteiger partial charge in [0.1, 0.15) is 18.5 Å². The molecule has 1 atom stereocenters. The Morgan fingerprint density at radius 2 is 1.61 bits per heavy atom. The van der Waals surface area contributed by atoms with Gasteiger partial charge in [-0.3, -0.25) is 0 Å². The van der Waals surface area contributed by atoms with E-state index in [0.29, 0.717) is 24.7 Å². The number of aliphatic hydroxyl groups excluding tert-OH is 2. The molecule has 0 radical (unpaired) electrons. The molecule has 10 heteroatoms. The van der Waals surface area contributed by atoms with Gasteiger partial charge in [-0.15, -0.1) is 11.6 Å². The van der Waals surface area contributed by atoms with Crippen molar-refractivity contribution < 1.29 is 28.1 Å². The Morgan fingerprint density at radius 1 is 1.00 bits per heavy atom. The predicted octanol–water partition coefficient (Wildman–Crippen LogP) is 3.57. The van der Waals surface area contributed by atoms with Crippen LogP contribution in [-0.2, 0) is 9.84 Å². The highest BCUT2D eigenvalue weighted by Crippen LogP contribution is 2.37. The van der Waals surface area contributed by atoms with E-state index in [1.165, 1.54) is 24.3 Å². The smallest absolute Gasteiger partial charge is 0.206 e. The van der Waals surface area contributed by atoms with E-state index in [-0.39, 0.29) is 32.2 Å². The third-order valence-electron chi connectivity index (χ3n) is 3.59. The zero-order valence-electron chi connectivity index (χ0n) is 14.6. The van der Waals surface area contributed by atoms with E-state index < -0.39 is 22.5 Å². The second-order valence-electron chi connectivity index (χ2n) is 5.73. The minimum absolute atomic E-state index is 0.0258. The van der Waals surface area contributed by atoms with Crippen LogP contribution in [-0.4, -0.2) is 50.4 Å². The summed E-state index contributed by atoms with van der Waals surface area (Å²) < 4.78 is 36.4. The lowest BCUT2D eigenvalue weighted by Gasteiger charge is -2.14. The van der Waals surface area contributed by atoms with Crippen LogP contribution in [0.25, 0.3) is 0 Å². The normalized spacial score (nSPS) is 12.6. The number of ether oxygens (including phenoxy) is 2. The predicted molar refractivity (Wildman–Crippen MR) is 108 cm³/mol. The largest absolute Gasteiger partial charge is 0.494 e. The van der Waals surface area contributed by atoms with Crippen molar-refractivity contribution in [1.29, 1.82) is 0 Å². The van der Waals surface area contributed by atoms with Crippen molar-refractivity contribution in [3.05, 3.63) is 46.4 Å². The van der Waals surface area contributed by atoms with Crippen molar-refractivity contribution in [2.24, 2.45) is 0 Å². The van der Waals surface area contributed by atoms with Crippen LogP contribution in [0.4, 0.5) is 0 Å². The first-order chi connectivity index (χ1) is 13.3. The summed E-state index contributed by atoms with van der Waals surface area (Å²) in [7, 11) is -3.87. The van der Waals surface area contributed by atoms with Crippen LogP contribution in [0.5, 0.6) is 11.5 Å². The Bertz CT molecular complexity index is 864. The Labute approximate surface area is 178 Å². The molecule has 0 amide bonds. The second kappa shape index (κ2) is 10.5. The fourth-order valence-corrected chi connectivity index (χ4v) is 4.30. The highest BCUT2D eigenvalue weighted by molar-refractivity contribution is 7.91. The lowest BCUT2D eigenvalue weighted by atomic mass is 10.3. The van der Waals surface area contributed by atoms with Gasteiger partial charge in [0.05, 0.1) is 33.0 Å². The van der Waals surface area contributed by atoms with Gasteiger partial charge in [-0.25, -0.2) is 8.42 Å². The van der Waals surface area contributed by atoms with E-state index in [1.807, 2.05) is 0 Å². The molecule has 0 aliphatic carbocycles. The maximum absolute atomic E-state index is 12.8. The summed E-state index contributed by atoms with van der Waals surface area (Å²) in [6, 6.07) is 8.39. The molecule has 2 rings (SSSR count). The maximum Gasteiger partial charge on any atom is 0.206 e. The highest BCUT2D eigenvalue weighted by atomic mass is 35.5. The summed E-state index contributed by atoms with van der Waals surface area (Å²) in [4.78, 5) is -0.0536. The number of hydrogen-bond acceptors (Lipinski definition) is 6. The van der Waals surface area contributed by atoms with Crippen LogP contribution in [0.2, 0.25) is 10.0 Å². The van der Waals surface area contributed by atoms with Gasteiger partial charge in [-0.05, 0) is 42.8 Å². The molecule has 0 aliphatic rings. The second-order valence-corrected chi connectivity index (χ2v) is 8.87. The number of benzene rings is 2. The van der Waals surface area contributed by atoms with Gasteiger partial charge < -0.3 is 19.7 Å².